The lowest BCUT2D eigenvalue weighted by atomic mass is 10.1. The van der Waals surface area contributed by atoms with Gasteiger partial charge < -0.3 is 14.4 Å². The maximum absolute atomic E-state index is 10.6. The second-order valence-electron chi connectivity index (χ2n) is 4.71. The molecule has 1 aromatic heterocycles. The number of carbonyl (C=O) groups is 1. The summed E-state index contributed by atoms with van der Waals surface area (Å²) in [5.74, 6) is 1.04. The number of carboxylic acids is 1. The van der Waals surface area contributed by atoms with Crippen molar-refractivity contribution in [1.82, 2.24) is 10.1 Å². The molecule has 0 radical (unpaired) electrons. The SMILES string of the molecule is CC(C)c1nc(COc2ccc(CC(=O)O)cc2)no1. The number of hydrogen-bond acceptors (Lipinski definition) is 5. The number of ether oxygens (including phenoxy) is 1. The molecule has 1 aromatic carbocycles. The van der Waals surface area contributed by atoms with E-state index in [4.69, 9.17) is 14.4 Å². The molecule has 0 aliphatic rings. The largest absolute Gasteiger partial charge is 0.485 e. The average Bonchev–Trinajstić information content (AvgIpc) is 2.86. The van der Waals surface area contributed by atoms with Gasteiger partial charge in [0, 0.05) is 5.92 Å². The third-order valence-electron chi connectivity index (χ3n) is 2.62. The van der Waals surface area contributed by atoms with E-state index >= 15 is 0 Å². The van der Waals surface area contributed by atoms with Gasteiger partial charge in [-0.15, -0.1) is 0 Å². The van der Waals surface area contributed by atoms with Crippen LogP contribution in [0.3, 0.4) is 0 Å². The minimum absolute atomic E-state index is 0.00285. The zero-order valence-corrected chi connectivity index (χ0v) is 11.4. The van der Waals surface area contributed by atoms with Crippen LogP contribution in [0, 0.1) is 0 Å². The van der Waals surface area contributed by atoms with Crippen LogP contribution in [0.5, 0.6) is 5.75 Å². The lowest BCUT2D eigenvalue weighted by molar-refractivity contribution is -0.136. The highest BCUT2D eigenvalue weighted by Gasteiger charge is 2.10. The van der Waals surface area contributed by atoms with Crippen molar-refractivity contribution in [2.75, 3.05) is 0 Å². The van der Waals surface area contributed by atoms with Gasteiger partial charge in [0.1, 0.15) is 5.75 Å². The molecule has 1 N–H and O–H groups in total. The van der Waals surface area contributed by atoms with Gasteiger partial charge in [0.05, 0.1) is 6.42 Å². The molecular formula is C14H16N2O4. The van der Waals surface area contributed by atoms with E-state index in [1.165, 1.54) is 0 Å². The Bertz CT molecular complexity index is 575. The standard InChI is InChI=1S/C14H16N2O4/c1-9(2)14-15-12(16-20-14)8-19-11-5-3-10(4-6-11)7-13(17)18/h3-6,9H,7-8H2,1-2H3,(H,17,18). The highest BCUT2D eigenvalue weighted by atomic mass is 16.5. The summed E-state index contributed by atoms with van der Waals surface area (Å²) < 4.78 is 10.6. The van der Waals surface area contributed by atoms with Crippen LogP contribution in [0.15, 0.2) is 28.8 Å². The van der Waals surface area contributed by atoms with Crippen molar-refractivity contribution in [3.05, 3.63) is 41.5 Å². The van der Waals surface area contributed by atoms with Gasteiger partial charge in [-0.3, -0.25) is 4.79 Å². The summed E-state index contributed by atoms with van der Waals surface area (Å²) in [5, 5.41) is 12.5. The summed E-state index contributed by atoms with van der Waals surface area (Å²) in [6.45, 7) is 4.16. The van der Waals surface area contributed by atoms with Gasteiger partial charge in [0.25, 0.3) is 0 Å². The van der Waals surface area contributed by atoms with Crippen LogP contribution in [-0.4, -0.2) is 21.2 Å². The van der Waals surface area contributed by atoms with Crippen molar-refractivity contribution in [3.8, 4) is 5.75 Å². The van der Waals surface area contributed by atoms with Crippen LogP contribution in [0.25, 0.3) is 0 Å². The number of rotatable bonds is 6. The monoisotopic (exact) mass is 276 g/mol. The van der Waals surface area contributed by atoms with E-state index in [2.05, 4.69) is 10.1 Å². The van der Waals surface area contributed by atoms with E-state index < -0.39 is 5.97 Å². The number of aliphatic carboxylic acids is 1. The van der Waals surface area contributed by atoms with Crippen LogP contribution in [0.2, 0.25) is 0 Å². The van der Waals surface area contributed by atoms with Crippen LogP contribution in [0.1, 0.15) is 37.0 Å². The zero-order valence-electron chi connectivity index (χ0n) is 11.4. The number of aromatic nitrogens is 2. The zero-order chi connectivity index (χ0) is 14.5. The normalized spacial score (nSPS) is 10.8. The topological polar surface area (TPSA) is 85.5 Å². The molecule has 0 unspecified atom stereocenters. The lowest BCUT2D eigenvalue weighted by Crippen LogP contribution is -2.01. The van der Waals surface area contributed by atoms with E-state index in [0.29, 0.717) is 17.5 Å². The predicted molar refractivity (Wildman–Crippen MR) is 70.5 cm³/mol. The maximum Gasteiger partial charge on any atom is 0.307 e. The van der Waals surface area contributed by atoms with Crippen molar-refractivity contribution < 1.29 is 19.2 Å². The Hall–Kier alpha value is -2.37. The highest BCUT2D eigenvalue weighted by molar-refractivity contribution is 5.70. The van der Waals surface area contributed by atoms with Crippen LogP contribution in [-0.2, 0) is 17.8 Å². The van der Waals surface area contributed by atoms with E-state index in [9.17, 15) is 4.79 Å². The molecule has 0 amide bonds. The molecule has 6 heteroatoms. The van der Waals surface area contributed by atoms with Gasteiger partial charge in [-0.05, 0) is 17.7 Å². The Morgan fingerprint density at radius 2 is 2.05 bits per heavy atom. The van der Waals surface area contributed by atoms with Crippen molar-refractivity contribution >= 4 is 5.97 Å². The minimum atomic E-state index is -0.855. The molecule has 2 aromatic rings. The number of hydrogen-bond donors (Lipinski definition) is 1. The summed E-state index contributed by atoms with van der Waals surface area (Å²) in [6.07, 6.45) is 0.00285. The number of nitrogens with zero attached hydrogens (tertiary/aromatic N) is 2. The van der Waals surface area contributed by atoms with Crippen LogP contribution in [0.4, 0.5) is 0 Å². The van der Waals surface area contributed by atoms with Gasteiger partial charge in [0.15, 0.2) is 6.61 Å². The Kier molecular flexibility index (Phi) is 4.34. The predicted octanol–water partition coefficient (Wildman–Crippen LogP) is 2.40. The Balaban J connectivity index is 1.91. The van der Waals surface area contributed by atoms with Gasteiger partial charge in [0.2, 0.25) is 11.7 Å². The molecule has 0 aliphatic heterocycles. The molecule has 2 rings (SSSR count). The fourth-order valence-electron chi connectivity index (χ4n) is 1.59. The molecule has 0 saturated carbocycles. The summed E-state index contributed by atoms with van der Waals surface area (Å²) in [5.41, 5.74) is 0.728. The van der Waals surface area contributed by atoms with E-state index in [1.54, 1.807) is 24.3 Å². The van der Waals surface area contributed by atoms with E-state index in [0.717, 1.165) is 5.56 Å². The third kappa shape index (κ3) is 3.81. The lowest BCUT2D eigenvalue weighted by Gasteiger charge is -2.04. The van der Waals surface area contributed by atoms with E-state index in [-0.39, 0.29) is 18.9 Å². The van der Waals surface area contributed by atoms with Crippen molar-refractivity contribution in [2.24, 2.45) is 0 Å². The van der Waals surface area contributed by atoms with Crippen molar-refractivity contribution in [2.45, 2.75) is 32.8 Å². The third-order valence-corrected chi connectivity index (χ3v) is 2.62. The fraction of sp³-hybridized carbons (Fsp3) is 0.357. The molecule has 0 spiro atoms. The summed E-state index contributed by atoms with van der Waals surface area (Å²) in [7, 11) is 0. The maximum atomic E-state index is 10.6. The molecule has 20 heavy (non-hydrogen) atoms. The van der Waals surface area contributed by atoms with Gasteiger partial charge in [-0.1, -0.05) is 31.1 Å². The first-order valence-electron chi connectivity index (χ1n) is 6.30. The molecule has 1 heterocycles. The quantitative estimate of drug-likeness (QED) is 0.872. The summed E-state index contributed by atoms with van der Waals surface area (Å²) in [6, 6.07) is 6.89. The van der Waals surface area contributed by atoms with Crippen molar-refractivity contribution in [3.63, 3.8) is 0 Å². The van der Waals surface area contributed by atoms with Crippen molar-refractivity contribution in [1.29, 1.82) is 0 Å². The number of benzene rings is 1. The molecule has 0 fully saturated rings. The van der Waals surface area contributed by atoms with Crippen LogP contribution < -0.4 is 4.74 Å². The highest BCUT2D eigenvalue weighted by Crippen LogP contribution is 2.15. The smallest absolute Gasteiger partial charge is 0.307 e. The molecule has 0 aliphatic carbocycles. The average molecular weight is 276 g/mol. The number of carboxylic acid groups (broad SMARTS) is 1. The van der Waals surface area contributed by atoms with Crippen LogP contribution >= 0.6 is 0 Å². The molecule has 106 valence electrons. The van der Waals surface area contributed by atoms with Gasteiger partial charge >= 0.3 is 5.97 Å². The molecule has 0 bridgehead atoms. The Morgan fingerprint density at radius 3 is 2.60 bits per heavy atom. The molecular weight excluding hydrogens is 260 g/mol. The molecule has 0 saturated heterocycles. The van der Waals surface area contributed by atoms with E-state index in [1.807, 2.05) is 13.8 Å². The Labute approximate surface area is 116 Å². The second-order valence-corrected chi connectivity index (χ2v) is 4.71. The fourth-order valence-corrected chi connectivity index (χ4v) is 1.59. The second kappa shape index (κ2) is 6.18. The van der Waals surface area contributed by atoms with Gasteiger partial charge in [-0.2, -0.15) is 4.98 Å². The summed E-state index contributed by atoms with van der Waals surface area (Å²) in [4.78, 5) is 14.8. The minimum Gasteiger partial charge on any atom is -0.485 e. The van der Waals surface area contributed by atoms with Gasteiger partial charge in [-0.25, -0.2) is 0 Å². The first kappa shape index (κ1) is 14.0. The first-order valence-corrected chi connectivity index (χ1v) is 6.30. The molecule has 6 nitrogen and oxygen atoms in total. The first-order chi connectivity index (χ1) is 9.54. The summed E-state index contributed by atoms with van der Waals surface area (Å²) >= 11 is 0. The Morgan fingerprint density at radius 1 is 1.35 bits per heavy atom. The molecule has 0 atom stereocenters.